The fraction of sp³-hybridized carbons (Fsp3) is 0.467. The highest BCUT2D eigenvalue weighted by molar-refractivity contribution is 7.88. The minimum atomic E-state index is -3.12. The molecule has 1 aliphatic heterocycles. The van der Waals surface area contributed by atoms with Gasteiger partial charge in [-0.05, 0) is 31.9 Å². The summed E-state index contributed by atoms with van der Waals surface area (Å²) in [5.74, 6) is 0.176. The van der Waals surface area contributed by atoms with Gasteiger partial charge in [-0.1, -0.05) is 0 Å². The van der Waals surface area contributed by atoms with E-state index in [9.17, 15) is 8.42 Å². The van der Waals surface area contributed by atoms with Crippen molar-refractivity contribution in [3.05, 3.63) is 35.1 Å². The predicted octanol–water partition coefficient (Wildman–Crippen LogP) is 2.65. The zero-order valence-corrected chi connectivity index (χ0v) is 14.3. The molecule has 3 heterocycles. The smallest absolute Gasteiger partial charge is 0.211 e. The van der Waals surface area contributed by atoms with Crippen LogP contribution in [-0.2, 0) is 10.0 Å². The molecule has 1 fully saturated rings. The SMILES string of the molecule is Cc1cnc(-c2ccc(C3CCCN(S(C)(=O)=O)C3)nc2)s1. The third kappa shape index (κ3) is 3.37. The number of nitrogens with zero attached hydrogens (tertiary/aromatic N) is 3. The van der Waals surface area contributed by atoms with E-state index in [1.54, 1.807) is 15.6 Å². The lowest BCUT2D eigenvalue weighted by molar-refractivity contribution is 0.314. The summed E-state index contributed by atoms with van der Waals surface area (Å²) < 4.78 is 25.0. The highest BCUT2D eigenvalue weighted by Gasteiger charge is 2.27. The Morgan fingerprint density at radius 1 is 1.27 bits per heavy atom. The van der Waals surface area contributed by atoms with E-state index in [0.717, 1.165) is 29.1 Å². The van der Waals surface area contributed by atoms with Crippen LogP contribution < -0.4 is 0 Å². The highest BCUT2D eigenvalue weighted by Crippen LogP contribution is 2.29. The van der Waals surface area contributed by atoms with E-state index in [4.69, 9.17) is 0 Å². The number of hydrogen-bond acceptors (Lipinski definition) is 5. The molecule has 1 saturated heterocycles. The van der Waals surface area contributed by atoms with Crippen molar-refractivity contribution >= 4 is 21.4 Å². The van der Waals surface area contributed by atoms with Crippen molar-refractivity contribution in [2.45, 2.75) is 25.7 Å². The van der Waals surface area contributed by atoms with Crippen molar-refractivity contribution in [3.8, 4) is 10.6 Å². The fourth-order valence-electron chi connectivity index (χ4n) is 2.75. The van der Waals surface area contributed by atoms with Gasteiger partial charge >= 0.3 is 0 Å². The topological polar surface area (TPSA) is 63.2 Å². The van der Waals surface area contributed by atoms with Gasteiger partial charge in [0.05, 0.1) is 6.26 Å². The molecule has 0 amide bonds. The van der Waals surface area contributed by atoms with E-state index in [2.05, 4.69) is 9.97 Å². The summed E-state index contributed by atoms with van der Waals surface area (Å²) in [5, 5.41) is 0.970. The Hall–Kier alpha value is -1.31. The molecule has 7 heteroatoms. The predicted molar refractivity (Wildman–Crippen MR) is 88.5 cm³/mol. The Kier molecular flexibility index (Phi) is 4.29. The largest absolute Gasteiger partial charge is 0.260 e. The quantitative estimate of drug-likeness (QED) is 0.864. The van der Waals surface area contributed by atoms with Gasteiger partial charge in [-0.2, -0.15) is 0 Å². The van der Waals surface area contributed by atoms with E-state index in [1.165, 1.54) is 11.1 Å². The third-order valence-electron chi connectivity index (χ3n) is 3.93. The van der Waals surface area contributed by atoms with Crippen molar-refractivity contribution in [2.75, 3.05) is 19.3 Å². The molecule has 2 aromatic rings. The summed E-state index contributed by atoms with van der Waals surface area (Å²) in [6.45, 7) is 3.18. The molecule has 0 aromatic carbocycles. The Labute approximate surface area is 135 Å². The summed E-state index contributed by atoms with van der Waals surface area (Å²) in [5.41, 5.74) is 1.98. The second kappa shape index (κ2) is 6.06. The number of aryl methyl sites for hydroxylation is 1. The van der Waals surface area contributed by atoms with Crippen LogP contribution in [0.3, 0.4) is 0 Å². The van der Waals surface area contributed by atoms with Gasteiger partial charge in [0.25, 0.3) is 0 Å². The lowest BCUT2D eigenvalue weighted by atomic mass is 9.95. The first kappa shape index (κ1) is 15.6. The molecule has 5 nitrogen and oxygen atoms in total. The first-order valence-electron chi connectivity index (χ1n) is 7.27. The summed E-state index contributed by atoms with van der Waals surface area (Å²) in [4.78, 5) is 10.1. The monoisotopic (exact) mass is 337 g/mol. The number of rotatable bonds is 3. The summed E-state index contributed by atoms with van der Waals surface area (Å²) in [6, 6.07) is 4.03. The molecular formula is C15H19N3O2S2. The van der Waals surface area contributed by atoms with Crippen molar-refractivity contribution in [1.29, 1.82) is 0 Å². The van der Waals surface area contributed by atoms with E-state index in [-0.39, 0.29) is 5.92 Å². The summed E-state index contributed by atoms with van der Waals surface area (Å²) >= 11 is 1.65. The first-order chi connectivity index (χ1) is 10.4. The van der Waals surface area contributed by atoms with Crippen LogP contribution in [0.15, 0.2) is 24.5 Å². The summed E-state index contributed by atoms with van der Waals surface area (Å²) in [7, 11) is -3.12. The third-order valence-corrected chi connectivity index (χ3v) is 6.16. The van der Waals surface area contributed by atoms with E-state index in [1.807, 2.05) is 31.5 Å². The Morgan fingerprint density at radius 2 is 2.09 bits per heavy atom. The lowest BCUT2D eigenvalue weighted by Crippen LogP contribution is -2.38. The summed E-state index contributed by atoms with van der Waals surface area (Å²) in [6.07, 6.45) is 6.84. The molecule has 1 atom stereocenters. The van der Waals surface area contributed by atoms with Gasteiger partial charge in [0, 0.05) is 47.5 Å². The molecule has 118 valence electrons. The Morgan fingerprint density at radius 3 is 2.68 bits per heavy atom. The molecule has 0 saturated carbocycles. The van der Waals surface area contributed by atoms with E-state index in [0.29, 0.717) is 13.1 Å². The van der Waals surface area contributed by atoms with E-state index < -0.39 is 10.0 Å². The maximum absolute atomic E-state index is 11.7. The van der Waals surface area contributed by atoms with Gasteiger partial charge in [0.15, 0.2) is 0 Å². The number of pyridine rings is 1. The molecule has 0 spiro atoms. The van der Waals surface area contributed by atoms with Crippen molar-refractivity contribution in [1.82, 2.24) is 14.3 Å². The normalized spacial score (nSPS) is 20.2. The second-order valence-electron chi connectivity index (χ2n) is 5.71. The maximum atomic E-state index is 11.7. The van der Waals surface area contributed by atoms with Crippen LogP contribution in [-0.4, -0.2) is 42.0 Å². The lowest BCUT2D eigenvalue weighted by Gasteiger charge is -2.30. The highest BCUT2D eigenvalue weighted by atomic mass is 32.2. The minimum absolute atomic E-state index is 0.176. The number of piperidine rings is 1. The van der Waals surface area contributed by atoms with Gasteiger partial charge in [0.2, 0.25) is 10.0 Å². The van der Waals surface area contributed by atoms with Crippen LogP contribution in [0.4, 0.5) is 0 Å². The van der Waals surface area contributed by atoms with Crippen LogP contribution in [0, 0.1) is 6.92 Å². The molecule has 3 rings (SSSR count). The Balaban J connectivity index is 1.78. The first-order valence-corrected chi connectivity index (χ1v) is 9.94. The fourth-order valence-corrected chi connectivity index (χ4v) is 4.41. The van der Waals surface area contributed by atoms with Crippen LogP contribution in [0.5, 0.6) is 0 Å². The molecule has 0 N–H and O–H groups in total. The van der Waals surface area contributed by atoms with E-state index >= 15 is 0 Å². The van der Waals surface area contributed by atoms with Crippen LogP contribution in [0.1, 0.15) is 29.3 Å². The molecule has 22 heavy (non-hydrogen) atoms. The average molecular weight is 337 g/mol. The van der Waals surface area contributed by atoms with Gasteiger partial charge in [-0.15, -0.1) is 11.3 Å². The maximum Gasteiger partial charge on any atom is 0.211 e. The minimum Gasteiger partial charge on any atom is -0.260 e. The van der Waals surface area contributed by atoms with Crippen LogP contribution in [0.2, 0.25) is 0 Å². The van der Waals surface area contributed by atoms with Gasteiger partial charge in [0.1, 0.15) is 5.01 Å². The van der Waals surface area contributed by atoms with Crippen molar-refractivity contribution < 1.29 is 8.42 Å². The molecule has 0 radical (unpaired) electrons. The molecule has 2 aromatic heterocycles. The van der Waals surface area contributed by atoms with Crippen molar-refractivity contribution in [3.63, 3.8) is 0 Å². The van der Waals surface area contributed by atoms with Gasteiger partial charge in [-0.25, -0.2) is 17.7 Å². The molecule has 1 unspecified atom stereocenters. The number of sulfonamides is 1. The number of aromatic nitrogens is 2. The molecule has 0 aliphatic carbocycles. The van der Waals surface area contributed by atoms with Crippen molar-refractivity contribution in [2.24, 2.45) is 0 Å². The zero-order valence-electron chi connectivity index (χ0n) is 12.7. The van der Waals surface area contributed by atoms with Crippen LogP contribution in [0.25, 0.3) is 10.6 Å². The zero-order chi connectivity index (χ0) is 15.7. The Bertz CT molecular complexity index is 753. The van der Waals surface area contributed by atoms with Crippen LogP contribution >= 0.6 is 11.3 Å². The molecule has 1 aliphatic rings. The standard InChI is InChI=1S/C15H19N3O2S2/c1-11-8-17-15(21-11)12-5-6-14(16-9-12)13-4-3-7-18(10-13)22(2,19)20/h5-6,8-9,13H,3-4,7,10H2,1-2H3. The second-order valence-corrected chi connectivity index (χ2v) is 8.93. The van der Waals surface area contributed by atoms with Gasteiger partial charge in [-0.3, -0.25) is 4.98 Å². The van der Waals surface area contributed by atoms with Gasteiger partial charge < -0.3 is 0 Å². The average Bonchev–Trinajstić information content (AvgIpc) is 2.93. The number of thiazole rings is 1. The molecule has 0 bridgehead atoms. The molecular weight excluding hydrogens is 318 g/mol. The number of hydrogen-bond donors (Lipinski definition) is 0.